The summed E-state index contributed by atoms with van der Waals surface area (Å²) >= 11 is 0. The van der Waals surface area contributed by atoms with Gasteiger partial charge in [0, 0.05) is 12.1 Å². The maximum Gasteiger partial charge on any atom is 0.407 e. The van der Waals surface area contributed by atoms with Gasteiger partial charge in [-0.1, -0.05) is 12.2 Å². The number of nitrogen functional groups attached to an aromatic ring is 1. The van der Waals surface area contributed by atoms with E-state index in [0.717, 1.165) is 6.20 Å². The minimum absolute atomic E-state index is 0.231. The van der Waals surface area contributed by atoms with Crippen molar-refractivity contribution in [3.8, 4) is 0 Å². The van der Waals surface area contributed by atoms with Crippen LogP contribution < -0.4 is 11.1 Å². The number of carbonyl (C=O) groups is 1. The average molecular weight is 267 g/mol. The summed E-state index contributed by atoms with van der Waals surface area (Å²) in [5.41, 5.74) is 5.50. The zero-order chi connectivity index (χ0) is 14.5. The van der Waals surface area contributed by atoms with Crippen LogP contribution in [0.2, 0.25) is 0 Å². The van der Waals surface area contributed by atoms with Crippen LogP contribution in [0.5, 0.6) is 0 Å². The Hall–Kier alpha value is -2.11. The molecule has 0 saturated carbocycles. The molecule has 3 N–H and O–H groups in total. The molecular formula is C13H18FN3O2. The van der Waals surface area contributed by atoms with Gasteiger partial charge in [-0.25, -0.2) is 14.2 Å². The Morgan fingerprint density at radius 1 is 1.58 bits per heavy atom. The van der Waals surface area contributed by atoms with Crippen molar-refractivity contribution in [1.82, 2.24) is 10.3 Å². The van der Waals surface area contributed by atoms with Gasteiger partial charge < -0.3 is 15.8 Å². The van der Waals surface area contributed by atoms with E-state index in [1.165, 1.54) is 6.07 Å². The highest BCUT2D eigenvalue weighted by atomic mass is 19.1. The maximum absolute atomic E-state index is 12.9. The molecule has 0 radical (unpaired) electrons. The van der Waals surface area contributed by atoms with Crippen LogP contribution in [0.25, 0.3) is 6.08 Å². The Kier molecular flexibility index (Phi) is 4.86. The first-order valence-corrected chi connectivity index (χ1v) is 5.82. The largest absolute Gasteiger partial charge is 0.444 e. The van der Waals surface area contributed by atoms with Crippen molar-refractivity contribution in [2.45, 2.75) is 26.4 Å². The topological polar surface area (TPSA) is 77.2 Å². The molecule has 19 heavy (non-hydrogen) atoms. The van der Waals surface area contributed by atoms with Gasteiger partial charge in [-0.2, -0.15) is 0 Å². The minimum Gasteiger partial charge on any atom is -0.444 e. The highest BCUT2D eigenvalue weighted by Gasteiger charge is 2.14. The number of rotatable bonds is 3. The van der Waals surface area contributed by atoms with E-state index in [2.05, 4.69) is 10.3 Å². The van der Waals surface area contributed by atoms with Crippen molar-refractivity contribution in [3.05, 3.63) is 29.7 Å². The molecule has 0 aliphatic heterocycles. The van der Waals surface area contributed by atoms with E-state index in [9.17, 15) is 9.18 Å². The molecule has 6 heteroatoms. The monoisotopic (exact) mass is 267 g/mol. The maximum atomic E-state index is 12.9. The standard InChI is InChI=1S/C13H18FN3O2/c1-13(2,3)19-12(18)16-6-4-5-9-7-10(14)8-17-11(9)15/h4-5,7-8H,6H2,1-3H3,(H2,15,17)(H,16,18). The second kappa shape index (κ2) is 6.17. The fourth-order valence-corrected chi connectivity index (χ4v) is 1.24. The Morgan fingerprint density at radius 2 is 2.26 bits per heavy atom. The molecule has 0 bridgehead atoms. The van der Waals surface area contributed by atoms with Gasteiger partial charge in [0.1, 0.15) is 17.2 Å². The number of alkyl carbamates (subject to hydrolysis) is 1. The van der Waals surface area contributed by atoms with Gasteiger partial charge in [0.05, 0.1) is 6.20 Å². The Bertz CT molecular complexity index is 481. The van der Waals surface area contributed by atoms with Crippen molar-refractivity contribution < 1.29 is 13.9 Å². The van der Waals surface area contributed by atoms with E-state index in [4.69, 9.17) is 10.5 Å². The number of nitrogens with one attached hydrogen (secondary N) is 1. The predicted octanol–water partition coefficient (Wildman–Crippen LogP) is 2.34. The Labute approximate surface area is 111 Å². The van der Waals surface area contributed by atoms with Crippen LogP contribution >= 0.6 is 0 Å². The zero-order valence-corrected chi connectivity index (χ0v) is 11.2. The van der Waals surface area contributed by atoms with E-state index in [1.807, 2.05) is 0 Å². The SMILES string of the molecule is CC(C)(C)OC(=O)NCC=Cc1cc(F)cnc1N. The van der Waals surface area contributed by atoms with E-state index in [1.54, 1.807) is 32.9 Å². The highest BCUT2D eigenvalue weighted by Crippen LogP contribution is 2.11. The lowest BCUT2D eigenvalue weighted by Gasteiger charge is -2.19. The van der Waals surface area contributed by atoms with E-state index >= 15 is 0 Å². The van der Waals surface area contributed by atoms with Gasteiger partial charge >= 0.3 is 6.09 Å². The van der Waals surface area contributed by atoms with E-state index in [-0.39, 0.29) is 12.4 Å². The summed E-state index contributed by atoms with van der Waals surface area (Å²) in [6.07, 6.45) is 3.76. The zero-order valence-electron chi connectivity index (χ0n) is 11.2. The number of pyridine rings is 1. The molecule has 0 aliphatic rings. The summed E-state index contributed by atoms with van der Waals surface area (Å²) in [5.74, 6) is -0.233. The number of ether oxygens (including phenoxy) is 1. The third-order valence-electron chi connectivity index (χ3n) is 1.98. The van der Waals surface area contributed by atoms with Crippen molar-refractivity contribution in [3.63, 3.8) is 0 Å². The molecule has 0 aliphatic carbocycles. The number of nitrogens with zero attached hydrogens (tertiary/aromatic N) is 1. The molecule has 1 aromatic heterocycles. The van der Waals surface area contributed by atoms with Gasteiger partial charge in [0.25, 0.3) is 0 Å². The molecule has 0 aromatic carbocycles. The quantitative estimate of drug-likeness (QED) is 0.881. The molecule has 0 atom stereocenters. The van der Waals surface area contributed by atoms with Crippen LogP contribution in [0.3, 0.4) is 0 Å². The molecule has 1 heterocycles. The highest BCUT2D eigenvalue weighted by molar-refractivity contribution is 5.68. The smallest absolute Gasteiger partial charge is 0.407 e. The predicted molar refractivity (Wildman–Crippen MR) is 71.9 cm³/mol. The van der Waals surface area contributed by atoms with Crippen molar-refractivity contribution >= 4 is 18.0 Å². The fourth-order valence-electron chi connectivity index (χ4n) is 1.24. The lowest BCUT2D eigenvalue weighted by molar-refractivity contribution is 0.0534. The summed E-state index contributed by atoms with van der Waals surface area (Å²) in [5, 5.41) is 2.54. The van der Waals surface area contributed by atoms with Crippen molar-refractivity contribution in [2.24, 2.45) is 0 Å². The second-order valence-corrected chi connectivity index (χ2v) is 4.91. The van der Waals surface area contributed by atoms with Crippen LogP contribution in [0.1, 0.15) is 26.3 Å². The number of carbonyl (C=O) groups excluding carboxylic acids is 1. The third kappa shape index (κ3) is 5.85. The summed E-state index contributed by atoms with van der Waals surface area (Å²) in [4.78, 5) is 15.0. The molecule has 104 valence electrons. The summed E-state index contributed by atoms with van der Waals surface area (Å²) in [6, 6.07) is 1.27. The summed E-state index contributed by atoms with van der Waals surface area (Å²) < 4.78 is 18.0. The van der Waals surface area contributed by atoms with Crippen LogP contribution in [-0.4, -0.2) is 23.2 Å². The summed E-state index contributed by atoms with van der Waals surface area (Å²) in [6.45, 7) is 5.59. The molecule has 0 fully saturated rings. The van der Waals surface area contributed by atoms with Crippen molar-refractivity contribution in [2.75, 3.05) is 12.3 Å². The number of hydrogen-bond acceptors (Lipinski definition) is 4. The van der Waals surface area contributed by atoms with Crippen LogP contribution in [0, 0.1) is 5.82 Å². The molecule has 5 nitrogen and oxygen atoms in total. The molecular weight excluding hydrogens is 249 g/mol. The Morgan fingerprint density at radius 3 is 2.89 bits per heavy atom. The molecule has 1 amide bonds. The normalized spacial score (nSPS) is 11.6. The molecule has 0 unspecified atom stereocenters. The molecule has 0 spiro atoms. The lowest BCUT2D eigenvalue weighted by atomic mass is 10.2. The lowest BCUT2D eigenvalue weighted by Crippen LogP contribution is -2.32. The number of amides is 1. The van der Waals surface area contributed by atoms with Gasteiger partial charge in [-0.3, -0.25) is 0 Å². The fraction of sp³-hybridized carbons (Fsp3) is 0.385. The first kappa shape index (κ1) is 14.9. The minimum atomic E-state index is -0.537. The van der Waals surface area contributed by atoms with Gasteiger partial charge in [0.2, 0.25) is 0 Å². The first-order valence-electron chi connectivity index (χ1n) is 5.82. The molecule has 1 rings (SSSR count). The van der Waals surface area contributed by atoms with Crippen LogP contribution in [-0.2, 0) is 4.74 Å². The van der Waals surface area contributed by atoms with Crippen LogP contribution in [0.15, 0.2) is 18.3 Å². The van der Waals surface area contributed by atoms with Gasteiger partial charge in [0.15, 0.2) is 0 Å². The van der Waals surface area contributed by atoms with Crippen LogP contribution in [0.4, 0.5) is 15.0 Å². The number of halogens is 1. The Balaban J connectivity index is 2.47. The number of hydrogen-bond donors (Lipinski definition) is 2. The summed E-state index contributed by atoms with van der Waals surface area (Å²) in [7, 11) is 0. The number of aromatic nitrogens is 1. The van der Waals surface area contributed by atoms with Gasteiger partial charge in [-0.05, 0) is 26.8 Å². The molecule has 0 saturated heterocycles. The van der Waals surface area contributed by atoms with E-state index < -0.39 is 17.5 Å². The molecule has 1 aromatic rings. The third-order valence-corrected chi connectivity index (χ3v) is 1.98. The van der Waals surface area contributed by atoms with Crippen molar-refractivity contribution in [1.29, 1.82) is 0 Å². The number of anilines is 1. The second-order valence-electron chi connectivity index (χ2n) is 4.91. The number of nitrogens with two attached hydrogens (primary N) is 1. The average Bonchev–Trinajstić information content (AvgIpc) is 2.26. The first-order chi connectivity index (χ1) is 8.78. The van der Waals surface area contributed by atoms with Gasteiger partial charge in [-0.15, -0.1) is 0 Å². The van der Waals surface area contributed by atoms with E-state index in [0.29, 0.717) is 5.56 Å².